The van der Waals surface area contributed by atoms with E-state index in [2.05, 4.69) is 41.5 Å². The van der Waals surface area contributed by atoms with Crippen LogP contribution in [0.25, 0.3) is 0 Å². The zero-order valence-corrected chi connectivity index (χ0v) is 14.4. The highest BCUT2D eigenvalue weighted by Crippen LogP contribution is 2.52. The third-order valence-electron chi connectivity index (χ3n) is 3.33. The van der Waals surface area contributed by atoms with E-state index in [4.69, 9.17) is 8.85 Å². The standard InChI is InChI=1S/C16H28O2Si/c1-8-17-19(15(2,3)4,16(5,6)7)18-14-12-10-9-11-13-14/h9-13H,8H2,1-7H3. The first-order valence-electron chi connectivity index (χ1n) is 7.02. The fraction of sp³-hybridized carbons (Fsp3) is 0.625. The second kappa shape index (κ2) is 5.67. The number of rotatable bonds is 4. The molecule has 1 aromatic rings. The lowest BCUT2D eigenvalue weighted by molar-refractivity contribution is 0.198. The Balaban J connectivity index is 3.25. The third-order valence-corrected chi connectivity index (χ3v) is 8.49. The van der Waals surface area contributed by atoms with Crippen LogP contribution < -0.4 is 4.43 Å². The van der Waals surface area contributed by atoms with Crippen molar-refractivity contribution in [3.8, 4) is 5.75 Å². The lowest BCUT2D eigenvalue weighted by atomic mass is 10.2. The summed E-state index contributed by atoms with van der Waals surface area (Å²) in [7, 11) is -2.44. The van der Waals surface area contributed by atoms with Crippen molar-refractivity contribution in [2.24, 2.45) is 0 Å². The van der Waals surface area contributed by atoms with Crippen molar-refractivity contribution in [1.29, 1.82) is 0 Å². The zero-order valence-electron chi connectivity index (χ0n) is 13.4. The topological polar surface area (TPSA) is 18.5 Å². The summed E-state index contributed by atoms with van der Waals surface area (Å²) in [6.07, 6.45) is 0. The van der Waals surface area contributed by atoms with Crippen LogP contribution in [0.2, 0.25) is 10.1 Å². The van der Waals surface area contributed by atoms with E-state index in [9.17, 15) is 0 Å². The Labute approximate surface area is 119 Å². The fourth-order valence-electron chi connectivity index (χ4n) is 2.75. The van der Waals surface area contributed by atoms with Gasteiger partial charge in [-0.15, -0.1) is 0 Å². The van der Waals surface area contributed by atoms with Crippen molar-refractivity contribution in [2.45, 2.75) is 58.5 Å². The molecule has 0 aromatic heterocycles. The number of hydrogen-bond donors (Lipinski definition) is 0. The van der Waals surface area contributed by atoms with E-state index < -0.39 is 8.56 Å². The molecule has 0 aliphatic rings. The first-order chi connectivity index (χ1) is 8.64. The van der Waals surface area contributed by atoms with Crippen molar-refractivity contribution in [1.82, 2.24) is 0 Å². The monoisotopic (exact) mass is 280 g/mol. The number of hydrogen-bond acceptors (Lipinski definition) is 2. The summed E-state index contributed by atoms with van der Waals surface area (Å²) in [6.45, 7) is 16.1. The molecule has 0 amide bonds. The molecule has 0 saturated carbocycles. The van der Waals surface area contributed by atoms with Crippen molar-refractivity contribution >= 4 is 8.56 Å². The first kappa shape index (κ1) is 16.3. The molecule has 0 saturated heterocycles. The lowest BCUT2D eigenvalue weighted by Gasteiger charge is -2.48. The van der Waals surface area contributed by atoms with Crippen LogP contribution in [0.1, 0.15) is 48.5 Å². The Kier molecular flexibility index (Phi) is 4.85. The van der Waals surface area contributed by atoms with Gasteiger partial charge in [0.1, 0.15) is 5.75 Å². The van der Waals surface area contributed by atoms with Crippen molar-refractivity contribution in [3.63, 3.8) is 0 Å². The molecule has 3 heteroatoms. The van der Waals surface area contributed by atoms with E-state index in [-0.39, 0.29) is 10.1 Å². The minimum atomic E-state index is -2.44. The molecule has 0 fully saturated rings. The van der Waals surface area contributed by atoms with Gasteiger partial charge in [0.2, 0.25) is 0 Å². The van der Waals surface area contributed by atoms with Crippen LogP contribution >= 0.6 is 0 Å². The molecule has 0 aliphatic heterocycles. The predicted octanol–water partition coefficient (Wildman–Crippen LogP) is 5.14. The maximum atomic E-state index is 6.49. The molecule has 0 heterocycles. The summed E-state index contributed by atoms with van der Waals surface area (Å²) in [5, 5.41) is -0.00575. The van der Waals surface area contributed by atoms with E-state index in [1.54, 1.807) is 0 Å². The molecular formula is C16H28O2Si. The average molecular weight is 280 g/mol. The molecule has 0 aliphatic carbocycles. The summed E-state index contributed by atoms with van der Waals surface area (Å²) in [6, 6.07) is 10.0. The minimum absolute atomic E-state index is 0.00288. The van der Waals surface area contributed by atoms with Crippen molar-refractivity contribution < 1.29 is 8.85 Å². The van der Waals surface area contributed by atoms with Crippen LogP contribution in [-0.2, 0) is 4.43 Å². The Bertz CT molecular complexity index is 373. The molecule has 19 heavy (non-hydrogen) atoms. The first-order valence-corrected chi connectivity index (χ1v) is 8.84. The second-order valence-corrected chi connectivity index (χ2v) is 11.7. The SMILES string of the molecule is CCO[Si](Oc1ccccc1)(C(C)(C)C)C(C)(C)C. The van der Waals surface area contributed by atoms with Crippen LogP contribution in [0.4, 0.5) is 0 Å². The lowest BCUT2D eigenvalue weighted by Crippen LogP contribution is -2.59. The summed E-state index contributed by atoms with van der Waals surface area (Å²) in [4.78, 5) is 0. The largest absolute Gasteiger partial charge is 0.520 e. The number of benzene rings is 1. The highest BCUT2D eigenvalue weighted by Gasteiger charge is 2.59. The van der Waals surface area contributed by atoms with Crippen LogP contribution in [0.3, 0.4) is 0 Å². The van der Waals surface area contributed by atoms with Gasteiger partial charge in [-0.2, -0.15) is 0 Å². The maximum absolute atomic E-state index is 6.49. The smallest absolute Gasteiger partial charge is 0.410 e. The second-order valence-electron chi connectivity index (χ2n) is 6.96. The van der Waals surface area contributed by atoms with E-state index in [1.807, 2.05) is 37.3 Å². The predicted molar refractivity (Wildman–Crippen MR) is 83.9 cm³/mol. The Hall–Kier alpha value is -0.803. The molecule has 0 bridgehead atoms. The summed E-state index contributed by atoms with van der Waals surface area (Å²) in [5.41, 5.74) is 0. The Morgan fingerprint density at radius 2 is 1.37 bits per heavy atom. The zero-order chi connectivity index (χ0) is 14.7. The van der Waals surface area contributed by atoms with Gasteiger partial charge in [0.25, 0.3) is 0 Å². The molecular weight excluding hydrogens is 252 g/mol. The van der Waals surface area contributed by atoms with Gasteiger partial charge in [-0.25, -0.2) is 0 Å². The van der Waals surface area contributed by atoms with E-state index in [0.717, 1.165) is 5.75 Å². The average Bonchev–Trinajstić information content (AvgIpc) is 2.26. The molecule has 0 atom stereocenters. The van der Waals surface area contributed by atoms with Gasteiger partial charge < -0.3 is 8.85 Å². The highest BCUT2D eigenvalue weighted by atomic mass is 28.4. The van der Waals surface area contributed by atoms with Crippen LogP contribution in [-0.4, -0.2) is 15.2 Å². The van der Waals surface area contributed by atoms with Crippen molar-refractivity contribution in [2.75, 3.05) is 6.61 Å². The van der Waals surface area contributed by atoms with Gasteiger partial charge in [0, 0.05) is 16.7 Å². The van der Waals surface area contributed by atoms with E-state index in [0.29, 0.717) is 6.61 Å². The summed E-state index contributed by atoms with van der Waals surface area (Å²) < 4.78 is 12.8. The fourth-order valence-corrected chi connectivity index (χ4v) is 7.41. The van der Waals surface area contributed by atoms with Crippen LogP contribution in [0.15, 0.2) is 30.3 Å². The van der Waals surface area contributed by atoms with Gasteiger partial charge in [0.05, 0.1) is 0 Å². The quantitative estimate of drug-likeness (QED) is 0.711. The van der Waals surface area contributed by atoms with E-state index >= 15 is 0 Å². The number of para-hydroxylation sites is 1. The normalized spacial score (nSPS) is 13.4. The van der Waals surface area contributed by atoms with Gasteiger partial charge in [0.15, 0.2) is 0 Å². The van der Waals surface area contributed by atoms with Gasteiger partial charge in [-0.3, -0.25) is 0 Å². The Morgan fingerprint density at radius 1 is 0.895 bits per heavy atom. The molecule has 0 spiro atoms. The molecule has 1 rings (SSSR count). The summed E-state index contributed by atoms with van der Waals surface area (Å²) >= 11 is 0. The minimum Gasteiger partial charge on any atom is -0.520 e. The van der Waals surface area contributed by atoms with Gasteiger partial charge in [-0.1, -0.05) is 59.7 Å². The van der Waals surface area contributed by atoms with Gasteiger partial charge in [-0.05, 0) is 19.1 Å². The molecule has 0 radical (unpaired) electrons. The van der Waals surface area contributed by atoms with E-state index in [1.165, 1.54) is 0 Å². The Morgan fingerprint density at radius 3 is 1.74 bits per heavy atom. The van der Waals surface area contributed by atoms with Gasteiger partial charge >= 0.3 is 8.56 Å². The molecule has 108 valence electrons. The highest BCUT2D eigenvalue weighted by molar-refractivity contribution is 6.74. The van der Waals surface area contributed by atoms with Crippen molar-refractivity contribution in [3.05, 3.63) is 30.3 Å². The maximum Gasteiger partial charge on any atom is 0.410 e. The molecule has 0 unspecified atom stereocenters. The molecule has 2 nitrogen and oxygen atoms in total. The third kappa shape index (κ3) is 3.40. The van der Waals surface area contributed by atoms with Crippen LogP contribution in [0.5, 0.6) is 5.75 Å². The molecule has 0 N–H and O–H groups in total. The molecule has 1 aromatic carbocycles. The van der Waals surface area contributed by atoms with Crippen LogP contribution in [0, 0.1) is 0 Å². The summed E-state index contributed by atoms with van der Waals surface area (Å²) in [5.74, 6) is 0.910.